The Balaban J connectivity index is 1.68. The number of hydrogen-bond acceptors (Lipinski definition) is 5. The van der Waals surface area contributed by atoms with E-state index in [4.69, 9.17) is 11.6 Å². The van der Waals surface area contributed by atoms with Crippen molar-refractivity contribution >= 4 is 34.1 Å². The van der Waals surface area contributed by atoms with Crippen molar-refractivity contribution in [2.24, 2.45) is 0 Å². The van der Waals surface area contributed by atoms with Gasteiger partial charge in [0.25, 0.3) is 0 Å². The molecule has 4 rings (SSSR count). The van der Waals surface area contributed by atoms with E-state index in [0.29, 0.717) is 16.9 Å². The van der Waals surface area contributed by atoms with E-state index in [1.54, 1.807) is 12.4 Å². The van der Waals surface area contributed by atoms with Crippen LogP contribution in [0.5, 0.6) is 0 Å². The van der Waals surface area contributed by atoms with Crippen molar-refractivity contribution < 1.29 is 0 Å². The summed E-state index contributed by atoms with van der Waals surface area (Å²) in [7, 11) is 0. The first-order chi connectivity index (χ1) is 11.3. The van der Waals surface area contributed by atoms with Gasteiger partial charge in [0, 0.05) is 23.6 Å². The minimum atomic E-state index is 0.183. The van der Waals surface area contributed by atoms with Crippen molar-refractivity contribution in [3.8, 4) is 11.1 Å². The van der Waals surface area contributed by atoms with Crippen LogP contribution >= 0.6 is 11.6 Å². The highest BCUT2D eigenvalue weighted by atomic mass is 35.5. The highest BCUT2D eigenvalue weighted by Crippen LogP contribution is 2.25. The summed E-state index contributed by atoms with van der Waals surface area (Å²) in [6.07, 6.45) is 5.33. The zero-order chi connectivity index (χ0) is 15.6. The molecule has 0 atom stereocenters. The van der Waals surface area contributed by atoms with Gasteiger partial charge in [-0.2, -0.15) is 10.1 Å². The second-order valence-electron chi connectivity index (χ2n) is 4.90. The number of rotatable bonds is 3. The molecule has 0 bridgehead atoms. The van der Waals surface area contributed by atoms with Crippen molar-refractivity contribution in [1.82, 2.24) is 25.1 Å². The first-order valence-electron chi connectivity index (χ1n) is 6.94. The van der Waals surface area contributed by atoms with Crippen molar-refractivity contribution in [3.05, 3.63) is 60.3 Å². The second-order valence-corrected chi connectivity index (χ2v) is 5.24. The van der Waals surface area contributed by atoms with Crippen molar-refractivity contribution in [1.29, 1.82) is 0 Å². The second kappa shape index (κ2) is 5.66. The first kappa shape index (κ1) is 13.7. The fourth-order valence-electron chi connectivity index (χ4n) is 2.32. The molecule has 23 heavy (non-hydrogen) atoms. The Morgan fingerprint density at radius 2 is 1.87 bits per heavy atom. The highest BCUT2D eigenvalue weighted by molar-refractivity contribution is 6.28. The summed E-state index contributed by atoms with van der Waals surface area (Å²) >= 11 is 5.98. The average Bonchev–Trinajstić information content (AvgIpc) is 3.10. The number of halogens is 1. The molecule has 0 radical (unpaired) electrons. The fraction of sp³-hybridized carbons (Fsp3) is 0. The number of nitrogens with one attached hydrogen (secondary N) is 2. The molecule has 0 saturated carbocycles. The molecule has 0 aliphatic carbocycles. The van der Waals surface area contributed by atoms with E-state index >= 15 is 0 Å². The molecule has 0 aliphatic rings. The normalized spacial score (nSPS) is 10.8. The predicted molar refractivity (Wildman–Crippen MR) is 89.6 cm³/mol. The third-order valence-electron chi connectivity index (χ3n) is 3.41. The molecule has 7 heteroatoms. The molecule has 2 N–H and O–H groups in total. The predicted octanol–water partition coefficient (Wildman–Crippen LogP) is 3.81. The Morgan fingerprint density at radius 3 is 2.65 bits per heavy atom. The number of hydrogen-bond donors (Lipinski definition) is 2. The monoisotopic (exact) mass is 322 g/mol. The largest absolute Gasteiger partial charge is 0.338 e. The molecular weight excluding hydrogens is 312 g/mol. The summed E-state index contributed by atoms with van der Waals surface area (Å²) in [4.78, 5) is 12.7. The van der Waals surface area contributed by atoms with Crippen LogP contribution in [0, 0.1) is 0 Å². The van der Waals surface area contributed by atoms with Gasteiger partial charge in [-0.05, 0) is 41.4 Å². The maximum absolute atomic E-state index is 5.98. The van der Waals surface area contributed by atoms with Gasteiger partial charge in [-0.25, -0.2) is 4.98 Å². The first-order valence-corrected chi connectivity index (χ1v) is 7.32. The van der Waals surface area contributed by atoms with Gasteiger partial charge in [-0.3, -0.25) is 10.1 Å². The molecule has 1 aromatic carbocycles. The van der Waals surface area contributed by atoms with Crippen molar-refractivity contribution in [2.45, 2.75) is 0 Å². The lowest BCUT2D eigenvalue weighted by Gasteiger charge is -2.08. The van der Waals surface area contributed by atoms with Gasteiger partial charge in [0.1, 0.15) is 5.52 Å². The minimum Gasteiger partial charge on any atom is -0.338 e. The van der Waals surface area contributed by atoms with Gasteiger partial charge in [0.2, 0.25) is 5.28 Å². The molecule has 4 aromatic rings. The molecule has 0 aliphatic heterocycles. The summed E-state index contributed by atoms with van der Waals surface area (Å²) < 4.78 is 0. The summed E-state index contributed by atoms with van der Waals surface area (Å²) in [5.74, 6) is 0.580. The Labute approximate surface area is 136 Å². The van der Waals surface area contributed by atoms with E-state index in [1.165, 1.54) is 0 Å². The number of aromatic nitrogens is 5. The number of pyridine rings is 1. The van der Waals surface area contributed by atoms with Gasteiger partial charge >= 0.3 is 0 Å². The number of anilines is 2. The van der Waals surface area contributed by atoms with Gasteiger partial charge in [0.05, 0.1) is 11.7 Å². The number of H-pyrrole nitrogens is 1. The van der Waals surface area contributed by atoms with Crippen LogP contribution in [0.15, 0.2) is 55.0 Å². The summed E-state index contributed by atoms with van der Waals surface area (Å²) in [5.41, 5.74) is 4.38. The molecule has 0 unspecified atom stereocenters. The van der Waals surface area contributed by atoms with Crippen molar-refractivity contribution in [3.63, 3.8) is 0 Å². The molecule has 0 saturated heterocycles. The van der Waals surface area contributed by atoms with Crippen LogP contribution in [0.2, 0.25) is 5.28 Å². The highest BCUT2D eigenvalue weighted by Gasteiger charge is 2.08. The van der Waals surface area contributed by atoms with Gasteiger partial charge in [-0.1, -0.05) is 12.1 Å². The van der Waals surface area contributed by atoms with Crippen LogP contribution in [0.1, 0.15) is 0 Å². The van der Waals surface area contributed by atoms with Crippen LogP contribution in [-0.2, 0) is 0 Å². The van der Waals surface area contributed by atoms with Crippen LogP contribution in [0.3, 0.4) is 0 Å². The number of benzene rings is 1. The zero-order valence-corrected chi connectivity index (χ0v) is 12.6. The minimum absolute atomic E-state index is 0.183. The molecule has 112 valence electrons. The van der Waals surface area contributed by atoms with Crippen molar-refractivity contribution in [2.75, 3.05) is 5.32 Å². The Hall–Kier alpha value is -2.99. The molecule has 3 heterocycles. The van der Waals surface area contributed by atoms with E-state index in [1.807, 2.05) is 42.6 Å². The maximum Gasteiger partial charge on any atom is 0.225 e. The van der Waals surface area contributed by atoms with E-state index in [2.05, 4.69) is 30.5 Å². The topological polar surface area (TPSA) is 79.4 Å². The smallest absolute Gasteiger partial charge is 0.225 e. The van der Waals surface area contributed by atoms with Gasteiger partial charge in [0.15, 0.2) is 5.82 Å². The third kappa shape index (κ3) is 2.72. The molecule has 0 amide bonds. The standard InChI is InChI=1S/C16H11ClN6/c17-16-22-13-2-1-7-18-14(13)15(23-16)21-12-5-3-10(4-6-12)11-8-19-20-9-11/h1-9H,(H,19,20)(H,21,22,23). The fourth-order valence-corrected chi connectivity index (χ4v) is 2.49. The Morgan fingerprint density at radius 1 is 1.00 bits per heavy atom. The van der Waals surface area contributed by atoms with Crippen LogP contribution in [-0.4, -0.2) is 25.1 Å². The van der Waals surface area contributed by atoms with E-state index in [0.717, 1.165) is 16.8 Å². The van der Waals surface area contributed by atoms with E-state index in [9.17, 15) is 0 Å². The Bertz CT molecular complexity index is 950. The lowest BCUT2D eigenvalue weighted by atomic mass is 10.1. The van der Waals surface area contributed by atoms with Crippen LogP contribution < -0.4 is 5.32 Å². The molecule has 3 aromatic heterocycles. The summed E-state index contributed by atoms with van der Waals surface area (Å²) in [6.45, 7) is 0. The number of nitrogens with zero attached hydrogens (tertiary/aromatic N) is 4. The lowest BCUT2D eigenvalue weighted by molar-refractivity contribution is 1.09. The van der Waals surface area contributed by atoms with Gasteiger partial charge < -0.3 is 5.32 Å². The van der Waals surface area contributed by atoms with E-state index in [-0.39, 0.29) is 5.28 Å². The molecular formula is C16H11ClN6. The summed E-state index contributed by atoms with van der Waals surface area (Å²) in [5, 5.41) is 10.2. The van der Waals surface area contributed by atoms with Crippen LogP contribution in [0.25, 0.3) is 22.2 Å². The molecule has 6 nitrogen and oxygen atoms in total. The van der Waals surface area contributed by atoms with E-state index < -0.39 is 0 Å². The third-order valence-corrected chi connectivity index (χ3v) is 3.58. The average molecular weight is 323 g/mol. The lowest BCUT2D eigenvalue weighted by Crippen LogP contribution is -1.98. The maximum atomic E-state index is 5.98. The number of aromatic amines is 1. The Kier molecular flexibility index (Phi) is 3.36. The summed E-state index contributed by atoms with van der Waals surface area (Å²) in [6, 6.07) is 11.6. The molecule has 0 fully saturated rings. The van der Waals surface area contributed by atoms with Gasteiger partial charge in [-0.15, -0.1) is 0 Å². The zero-order valence-electron chi connectivity index (χ0n) is 11.9. The van der Waals surface area contributed by atoms with Crippen LogP contribution in [0.4, 0.5) is 11.5 Å². The number of fused-ring (bicyclic) bond motifs is 1. The SMILES string of the molecule is Clc1nc(Nc2ccc(-c3cn[nH]c3)cc2)c2ncccc2n1. The quantitative estimate of drug-likeness (QED) is 0.561. The molecule has 0 spiro atoms.